The maximum absolute atomic E-state index is 5.33. The zero-order chi connectivity index (χ0) is 13.8. The first-order valence-corrected chi connectivity index (χ1v) is 6.93. The number of aryl methyl sites for hydroxylation is 1. The van der Waals surface area contributed by atoms with Crippen molar-refractivity contribution in [3.63, 3.8) is 0 Å². The van der Waals surface area contributed by atoms with Crippen molar-refractivity contribution in [2.75, 3.05) is 7.11 Å². The zero-order valence-corrected chi connectivity index (χ0v) is 12.5. The van der Waals surface area contributed by atoms with E-state index in [-0.39, 0.29) is 0 Å². The molecule has 19 heavy (non-hydrogen) atoms. The van der Waals surface area contributed by atoms with Crippen LogP contribution in [0.5, 0.6) is 5.75 Å². The van der Waals surface area contributed by atoms with E-state index in [9.17, 15) is 0 Å². The van der Waals surface area contributed by atoms with Gasteiger partial charge in [-0.1, -0.05) is 26.0 Å². The summed E-state index contributed by atoms with van der Waals surface area (Å²) in [5, 5.41) is 0. The van der Waals surface area contributed by atoms with Crippen molar-refractivity contribution in [3.05, 3.63) is 46.5 Å². The van der Waals surface area contributed by atoms with Gasteiger partial charge in [-0.3, -0.25) is 0 Å². The number of nitrogens with one attached hydrogen (secondary N) is 1. The number of methoxy groups -OCH3 is 1. The Hall–Kier alpha value is -1.55. The topological polar surface area (TPSA) is 29.9 Å². The highest BCUT2D eigenvalue weighted by Gasteiger charge is 2.07. The first-order chi connectivity index (χ1) is 9.11. The molecule has 2 rings (SSSR count). The highest BCUT2D eigenvalue weighted by Crippen LogP contribution is 2.16. The van der Waals surface area contributed by atoms with Crippen LogP contribution < -0.4 is 4.74 Å². The van der Waals surface area contributed by atoms with E-state index in [1.807, 2.05) is 18.3 Å². The smallest absolute Gasteiger partial charge is 0.177 e. The number of H-pyrrole nitrogens is 1. The molecule has 0 atom stereocenters. The second-order valence-corrected chi connectivity index (χ2v) is 5.31. The van der Waals surface area contributed by atoms with Gasteiger partial charge < -0.3 is 14.3 Å². The van der Waals surface area contributed by atoms with Gasteiger partial charge in [0.15, 0.2) is 4.77 Å². The van der Waals surface area contributed by atoms with Crippen LogP contribution in [0.3, 0.4) is 0 Å². The van der Waals surface area contributed by atoms with Crippen molar-refractivity contribution in [1.82, 2.24) is 9.55 Å². The Morgan fingerprint density at radius 1 is 1.26 bits per heavy atom. The Morgan fingerprint density at radius 2 is 1.95 bits per heavy atom. The van der Waals surface area contributed by atoms with E-state index in [0.29, 0.717) is 5.92 Å². The monoisotopic (exact) mass is 276 g/mol. The SMILES string of the molecule is COc1ccc(CCn2c(C(C)C)c[nH]c2=S)cc1. The minimum Gasteiger partial charge on any atom is -0.497 e. The molecular weight excluding hydrogens is 256 g/mol. The van der Waals surface area contributed by atoms with E-state index < -0.39 is 0 Å². The molecule has 0 saturated heterocycles. The maximum Gasteiger partial charge on any atom is 0.177 e. The molecule has 4 heteroatoms. The molecule has 1 N–H and O–H groups in total. The van der Waals surface area contributed by atoms with Gasteiger partial charge in [-0.15, -0.1) is 0 Å². The lowest BCUT2D eigenvalue weighted by molar-refractivity contribution is 0.414. The summed E-state index contributed by atoms with van der Waals surface area (Å²) in [6.07, 6.45) is 2.98. The second kappa shape index (κ2) is 6.06. The molecule has 1 heterocycles. The number of imidazole rings is 1. The number of hydrogen-bond acceptors (Lipinski definition) is 2. The van der Waals surface area contributed by atoms with Gasteiger partial charge in [-0.05, 0) is 42.3 Å². The summed E-state index contributed by atoms with van der Waals surface area (Å²) in [5.74, 6) is 1.37. The number of ether oxygens (including phenoxy) is 1. The maximum atomic E-state index is 5.33. The first kappa shape index (κ1) is 13.9. The number of rotatable bonds is 5. The molecule has 0 unspecified atom stereocenters. The van der Waals surface area contributed by atoms with E-state index >= 15 is 0 Å². The highest BCUT2D eigenvalue weighted by atomic mass is 32.1. The van der Waals surface area contributed by atoms with E-state index in [4.69, 9.17) is 17.0 Å². The summed E-state index contributed by atoms with van der Waals surface area (Å²) in [7, 11) is 1.68. The minimum atomic E-state index is 0.476. The standard InChI is InChI=1S/C15H20N2OS/c1-11(2)14-10-16-15(19)17(14)9-8-12-4-6-13(18-3)7-5-12/h4-7,10-11H,8-9H2,1-3H3,(H,16,19). The molecule has 1 aromatic carbocycles. The normalized spacial score (nSPS) is 10.9. The van der Waals surface area contributed by atoms with E-state index in [2.05, 4.69) is 35.5 Å². The molecule has 0 aliphatic rings. The van der Waals surface area contributed by atoms with E-state index in [0.717, 1.165) is 23.5 Å². The molecule has 1 aromatic heterocycles. The molecule has 2 aromatic rings. The molecule has 0 radical (unpaired) electrons. The largest absolute Gasteiger partial charge is 0.497 e. The van der Waals surface area contributed by atoms with Crippen LogP contribution in [-0.2, 0) is 13.0 Å². The molecular formula is C15H20N2OS. The van der Waals surface area contributed by atoms with E-state index in [1.54, 1.807) is 7.11 Å². The van der Waals surface area contributed by atoms with Crippen molar-refractivity contribution in [2.24, 2.45) is 0 Å². The molecule has 0 aliphatic heterocycles. The summed E-state index contributed by atoms with van der Waals surface area (Å²) in [6, 6.07) is 8.19. The average molecular weight is 276 g/mol. The van der Waals surface area contributed by atoms with Crippen LogP contribution in [0.4, 0.5) is 0 Å². The third-order valence-electron chi connectivity index (χ3n) is 3.28. The van der Waals surface area contributed by atoms with Gasteiger partial charge in [-0.2, -0.15) is 0 Å². The van der Waals surface area contributed by atoms with Crippen LogP contribution in [-0.4, -0.2) is 16.7 Å². The van der Waals surface area contributed by atoms with Crippen LogP contribution >= 0.6 is 12.2 Å². The molecule has 0 spiro atoms. The highest BCUT2D eigenvalue weighted by molar-refractivity contribution is 7.71. The van der Waals surface area contributed by atoms with Crippen LogP contribution in [0.2, 0.25) is 0 Å². The molecule has 0 fully saturated rings. The predicted molar refractivity (Wildman–Crippen MR) is 80.4 cm³/mol. The van der Waals surface area contributed by atoms with Crippen molar-refractivity contribution in [1.29, 1.82) is 0 Å². The molecule has 0 aliphatic carbocycles. The second-order valence-electron chi connectivity index (χ2n) is 4.92. The Labute approximate surface area is 119 Å². The van der Waals surface area contributed by atoms with Crippen LogP contribution in [0.25, 0.3) is 0 Å². The van der Waals surface area contributed by atoms with Gasteiger partial charge in [0.1, 0.15) is 5.75 Å². The quantitative estimate of drug-likeness (QED) is 0.839. The number of nitrogens with zero attached hydrogens (tertiary/aromatic N) is 1. The van der Waals surface area contributed by atoms with Crippen molar-refractivity contribution >= 4 is 12.2 Å². The third kappa shape index (κ3) is 3.26. The van der Waals surface area contributed by atoms with Gasteiger partial charge >= 0.3 is 0 Å². The van der Waals surface area contributed by atoms with E-state index in [1.165, 1.54) is 11.3 Å². The number of aromatic nitrogens is 2. The molecule has 0 amide bonds. The molecule has 3 nitrogen and oxygen atoms in total. The molecule has 0 saturated carbocycles. The molecule has 102 valence electrons. The average Bonchev–Trinajstić information content (AvgIpc) is 2.78. The number of aromatic amines is 1. The Balaban J connectivity index is 2.09. The van der Waals surface area contributed by atoms with Crippen molar-refractivity contribution in [2.45, 2.75) is 32.7 Å². The van der Waals surface area contributed by atoms with Crippen molar-refractivity contribution in [3.8, 4) is 5.75 Å². The summed E-state index contributed by atoms with van der Waals surface area (Å²) in [6.45, 7) is 5.27. The van der Waals surface area contributed by atoms with Gasteiger partial charge in [0.2, 0.25) is 0 Å². The predicted octanol–water partition coefficient (Wildman–Crippen LogP) is 3.92. The Kier molecular flexibility index (Phi) is 4.43. The summed E-state index contributed by atoms with van der Waals surface area (Å²) in [4.78, 5) is 3.13. The number of benzene rings is 1. The third-order valence-corrected chi connectivity index (χ3v) is 3.61. The summed E-state index contributed by atoms with van der Waals surface area (Å²) >= 11 is 5.33. The van der Waals surface area contributed by atoms with Crippen LogP contribution in [0.1, 0.15) is 31.0 Å². The van der Waals surface area contributed by atoms with Crippen molar-refractivity contribution < 1.29 is 4.74 Å². The zero-order valence-electron chi connectivity index (χ0n) is 11.6. The Morgan fingerprint density at radius 3 is 2.53 bits per heavy atom. The summed E-state index contributed by atoms with van der Waals surface area (Å²) in [5.41, 5.74) is 2.55. The lowest BCUT2D eigenvalue weighted by Crippen LogP contribution is -2.07. The Bertz CT molecular complexity index is 581. The fraction of sp³-hybridized carbons (Fsp3) is 0.400. The first-order valence-electron chi connectivity index (χ1n) is 6.53. The molecule has 0 bridgehead atoms. The lowest BCUT2D eigenvalue weighted by Gasteiger charge is -2.11. The lowest BCUT2D eigenvalue weighted by atomic mass is 10.1. The van der Waals surface area contributed by atoms with Gasteiger partial charge in [-0.25, -0.2) is 0 Å². The van der Waals surface area contributed by atoms with Gasteiger partial charge in [0, 0.05) is 18.4 Å². The summed E-state index contributed by atoms with van der Waals surface area (Å²) < 4.78 is 8.15. The van der Waals surface area contributed by atoms with Crippen LogP contribution in [0, 0.1) is 4.77 Å². The van der Waals surface area contributed by atoms with Gasteiger partial charge in [0.25, 0.3) is 0 Å². The fourth-order valence-electron chi connectivity index (χ4n) is 2.15. The van der Waals surface area contributed by atoms with Crippen LogP contribution in [0.15, 0.2) is 30.5 Å². The number of hydrogen-bond donors (Lipinski definition) is 1. The fourth-order valence-corrected chi connectivity index (χ4v) is 2.41. The minimum absolute atomic E-state index is 0.476. The van der Waals surface area contributed by atoms with Gasteiger partial charge in [0.05, 0.1) is 7.11 Å².